The number of hydrogen-bond donors (Lipinski definition) is 1. The van der Waals surface area contributed by atoms with Crippen LogP contribution in [0.2, 0.25) is 0 Å². The van der Waals surface area contributed by atoms with Gasteiger partial charge in [0.1, 0.15) is 0 Å². The molecule has 1 unspecified atom stereocenters. The molecule has 0 fully saturated rings. The van der Waals surface area contributed by atoms with E-state index in [1.54, 1.807) is 0 Å². The maximum Gasteiger partial charge on any atom is 0.00330 e. The van der Waals surface area contributed by atoms with Gasteiger partial charge in [0.2, 0.25) is 0 Å². The first-order valence-corrected chi connectivity index (χ1v) is 5.39. The van der Waals surface area contributed by atoms with E-state index >= 15 is 0 Å². The molecule has 0 radical (unpaired) electrons. The van der Waals surface area contributed by atoms with Gasteiger partial charge in [0.05, 0.1) is 0 Å². The molecule has 0 bridgehead atoms. The molecule has 2 nitrogen and oxygen atoms in total. The van der Waals surface area contributed by atoms with Gasteiger partial charge in [-0.25, -0.2) is 0 Å². The molecule has 0 amide bonds. The second kappa shape index (κ2) is 7.49. The van der Waals surface area contributed by atoms with E-state index in [9.17, 15) is 0 Å². The lowest BCUT2D eigenvalue weighted by Crippen LogP contribution is -2.37. The molecule has 3 heteroatoms. The van der Waals surface area contributed by atoms with Crippen LogP contribution in [-0.2, 0) is 0 Å². The summed E-state index contributed by atoms with van der Waals surface area (Å²) in [4.78, 5) is 2.46. The van der Waals surface area contributed by atoms with E-state index in [1.807, 2.05) is 0 Å². The average molecular weight is 223 g/mol. The fourth-order valence-corrected chi connectivity index (χ4v) is 1.99. The molecule has 88 valence electrons. The Balaban J connectivity index is 0. The Labute approximate surface area is 95.6 Å². The number of nitrogens with zero attached hydrogens (tertiary/aromatic N) is 1. The lowest BCUT2D eigenvalue weighted by molar-refractivity contribution is 0.175. The van der Waals surface area contributed by atoms with Crippen molar-refractivity contribution in [2.45, 2.75) is 47.1 Å². The van der Waals surface area contributed by atoms with Gasteiger partial charge in [-0.05, 0) is 31.8 Å². The van der Waals surface area contributed by atoms with Gasteiger partial charge in [-0.15, -0.1) is 12.4 Å². The molecule has 0 aromatic rings. The highest BCUT2D eigenvalue weighted by Gasteiger charge is 2.21. The van der Waals surface area contributed by atoms with Crippen LogP contribution < -0.4 is 5.73 Å². The van der Waals surface area contributed by atoms with Crippen molar-refractivity contribution in [2.75, 3.05) is 19.6 Å². The van der Waals surface area contributed by atoms with E-state index in [0.29, 0.717) is 11.5 Å². The molecule has 0 saturated heterocycles. The van der Waals surface area contributed by atoms with Crippen molar-refractivity contribution < 1.29 is 0 Å². The molecule has 2 N–H and O–H groups in total. The quantitative estimate of drug-likeness (QED) is 0.749. The van der Waals surface area contributed by atoms with E-state index in [1.165, 1.54) is 0 Å². The highest BCUT2D eigenvalue weighted by molar-refractivity contribution is 5.85. The van der Waals surface area contributed by atoms with Crippen LogP contribution in [0, 0.1) is 5.41 Å². The molecule has 0 saturated carbocycles. The van der Waals surface area contributed by atoms with Crippen LogP contribution in [0.15, 0.2) is 0 Å². The second-order valence-corrected chi connectivity index (χ2v) is 4.81. The van der Waals surface area contributed by atoms with Crippen molar-refractivity contribution in [1.29, 1.82) is 0 Å². The van der Waals surface area contributed by atoms with Gasteiger partial charge < -0.3 is 10.6 Å². The highest BCUT2D eigenvalue weighted by atomic mass is 35.5. The molecular formula is C11H27ClN2. The van der Waals surface area contributed by atoms with E-state index in [2.05, 4.69) is 39.5 Å². The van der Waals surface area contributed by atoms with Crippen LogP contribution in [0.5, 0.6) is 0 Å². The van der Waals surface area contributed by atoms with Crippen LogP contribution in [0.25, 0.3) is 0 Å². The molecule has 1 atom stereocenters. The fraction of sp³-hybridized carbons (Fsp3) is 1.00. The van der Waals surface area contributed by atoms with Gasteiger partial charge in [-0.2, -0.15) is 0 Å². The minimum Gasteiger partial charge on any atom is -0.328 e. The first kappa shape index (κ1) is 16.6. The SMILES string of the molecule is CCN(CC)CC(C)(C)CC(C)N.Cl. The summed E-state index contributed by atoms with van der Waals surface area (Å²) in [6, 6.07) is 0.311. The van der Waals surface area contributed by atoms with Gasteiger partial charge in [0.15, 0.2) is 0 Å². The summed E-state index contributed by atoms with van der Waals surface area (Å²) in [7, 11) is 0. The van der Waals surface area contributed by atoms with Crippen molar-refractivity contribution in [2.24, 2.45) is 11.1 Å². The van der Waals surface area contributed by atoms with Gasteiger partial charge in [-0.1, -0.05) is 27.7 Å². The zero-order valence-electron chi connectivity index (χ0n) is 10.3. The lowest BCUT2D eigenvalue weighted by Gasteiger charge is -2.32. The van der Waals surface area contributed by atoms with Crippen LogP contribution in [-0.4, -0.2) is 30.6 Å². The summed E-state index contributed by atoms with van der Waals surface area (Å²) in [5.74, 6) is 0. The topological polar surface area (TPSA) is 29.3 Å². The van der Waals surface area contributed by atoms with Gasteiger partial charge in [0, 0.05) is 12.6 Å². The number of nitrogens with two attached hydrogens (primary N) is 1. The molecule has 0 aromatic heterocycles. The van der Waals surface area contributed by atoms with Gasteiger partial charge in [-0.3, -0.25) is 0 Å². The number of rotatable bonds is 6. The Morgan fingerprint density at radius 3 is 1.93 bits per heavy atom. The zero-order chi connectivity index (χ0) is 10.5. The van der Waals surface area contributed by atoms with Crippen LogP contribution >= 0.6 is 12.4 Å². The van der Waals surface area contributed by atoms with Crippen LogP contribution in [0.1, 0.15) is 41.0 Å². The third kappa shape index (κ3) is 7.60. The average Bonchev–Trinajstić information content (AvgIpc) is 1.97. The van der Waals surface area contributed by atoms with Gasteiger partial charge in [0.25, 0.3) is 0 Å². The smallest absolute Gasteiger partial charge is 0.00330 e. The third-order valence-electron chi connectivity index (χ3n) is 2.42. The van der Waals surface area contributed by atoms with Crippen LogP contribution in [0.3, 0.4) is 0 Å². The predicted octanol–water partition coefficient (Wildman–Crippen LogP) is 2.51. The predicted molar refractivity (Wildman–Crippen MR) is 67.1 cm³/mol. The molecule has 0 aliphatic heterocycles. The Morgan fingerprint density at radius 2 is 1.64 bits per heavy atom. The Hall–Kier alpha value is 0.210. The lowest BCUT2D eigenvalue weighted by atomic mass is 9.86. The maximum atomic E-state index is 5.82. The van der Waals surface area contributed by atoms with E-state index in [0.717, 1.165) is 26.1 Å². The number of hydrogen-bond acceptors (Lipinski definition) is 2. The first-order chi connectivity index (χ1) is 5.91. The molecular weight excluding hydrogens is 196 g/mol. The first-order valence-electron chi connectivity index (χ1n) is 5.39. The van der Waals surface area contributed by atoms with Gasteiger partial charge >= 0.3 is 0 Å². The van der Waals surface area contributed by atoms with Crippen molar-refractivity contribution in [1.82, 2.24) is 4.90 Å². The normalized spacial score (nSPS) is 13.9. The summed E-state index contributed by atoms with van der Waals surface area (Å²) in [6.07, 6.45) is 1.10. The standard InChI is InChI=1S/C11H26N2.ClH/c1-6-13(7-2)9-11(4,5)8-10(3)12;/h10H,6-9,12H2,1-5H3;1H. The summed E-state index contributed by atoms with van der Waals surface area (Å²) >= 11 is 0. The third-order valence-corrected chi connectivity index (χ3v) is 2.42. The molecule has 0 aliphatic rings. The zero-order valence-corrected chi connectivity index (χ0v) is 11.2. The van der Waals surface area contributed by atoms with E-state index < -0.39 is 0 Å². The van der Waals surface area contributed by atoms with E-state index in [-0.39, 0.29) is 12.4 Å². The molecule has 14 heavy (non-hydrogen) atoms. The van der Waals surface area contributed by atoms with Crippen molar-refractivity contribution >= 4 is 12.4 Å². The Kier molecular flexibility index (Phi) is 8.90. The summed E-state index contributed by atoms with van der Waals surface area (Å²) < 4.78 is 0. The maximum absolute atomic E-state index is 5.82. The minimum absolute atomic E-state index is 0. The Morgan fingerprint density at radius 1 is 1.21 bits per heavy atom. The minimum atomic E-state index is 0. The van der Waals surface area contributed by atoms with Crippen molar-refractivity contribution in [3.63, 3.8) is 0 Å². The van der Waals surface area contributed by atoms with Crippen LogP contribution in [0.4, 0.5) is 0 Å². The number of halogens is 1. The highest BCUT2D eigenvalue weighted by Crippen LogP contribution is 2.22. The van der Waals surface area contributed by atoms with Crippen molar-refractivity contribution in [3.05, 3.63) is 0 Å². The monoisotopic (exact) mass is 222 g/mol. The summed E-state index contributed by atoms with van der Waals surface area (Å²) in [6.45, 7) is 14.5. The Bertz CT molecular complexity index is 131. The van der Waals surface area contributed by atoms with E-state index in [4.69, 9.17) is 5.73 Å². The second-order valence-electron chi connectivity index (χ2n) is 4.81. The summed E-state index contributed by atoms with van der Waals surface area (Å²) in [5, 5.41) is 0. The largest absolute Gasteiger partial charge is 0.328 e. The molecule has 0 aromatic carbocycles. The fourth-order valence-electron chi connectivity index (χ4n) is 1.99. The molecule has 0 aliphatic carbocycles. The van der Waals surface area contributed by atoms with Crippen molar-refractivity contribution in [3.8, 4) is 0 Å². The molecule has 0 rings (SSSR count). The molecule has 0 spiro atoms. The molecule has 0 heterocycles. The summed E-state index contributed by atoms with van der Waals surface area (Å²) in [5.41, 5.74) is 6.17.